The molecule has 0 amide bonds. The van der Waals surface area contributed by atoms with Crippen LogP contribution in [0.25, 0.3) is 0 Å². The molecule has 0 bridgehead atoms. The predicted octanol–water partition coefficient (Wildman–Crippen LogP) is 4.46. The Morgan fingerprint density at radius 1 is 0.667 bits per heavy atom. The minimum absolute atomic E-state index is 0.934. The molecule has 0 unspecified atom stereocenters. The van der Waals surface area contributed by atoms with Crippen molar-refractivity contribution in [1.82, 2.24) is 0 Å². The summed E-state index contributed by atoms with van der Waals surface area (Å²) in [5, 5.41) is 0. The van der Waals surface area contributed by atoms with E-state index in [0.29, 0.717) is 0 Å². The second-order valence-corrected chi connectivity index (χ2v) is 4.70. The van der Waals surface area contributed by atoms with Crippen LogP contribution in [0.1, 0.15) is 64.2 Å². The molecule has 0 aliphatic heterocycles. The summed E-state index contributed by atoms with van der Waals surface area (Å²) in [6, 6.07) is 0. The third kappa shape index (κ3) is 14.3. The van der Waals surface area contributed by atoms with E-state index in [4.69, 9.17) is 4.74 Å². The van der Waals surface area contributed by atoms with Crippen LogP contribution < -0.4 is 0 Å². The van der Waals surface area contributed by atoms with Crippen LogP contribution in [0.4, 0.5) is 0 Å². The van der Waals surface area contributed by atoms with E-state index >= 15 is 0 Å². The SMILES string of the molecule is COCCCCCCCCCCCCS. The third-order valence-electron chi connectivity index (χ3n) is 2.76. The molecular weight excluding hydrogens is 204 g/mol. The number of thiol groups is 1. The zero-order valence-electron chi connectivity index (χ0n) is 10.3. The average Bonchev–Trinajstić information content (AvgIpc) is 2.26. The highest BCUT2D eigenvalue weighted by Gasteiger charge is 1.92. The molecule has 0 aromatic carbocycles. The zero-order valence-corrected chi connectivity index (χ0v) is 11.2. The van der Waals surface area contributed by atoms with Crippen molar-refractivity contribution >= 4 is 12.6 Å². The smallest absolute Gasteiger partial charge is 0.0462 e. The molecule has 0 aliphatic carbocycles. The Morgan fingerprint density at radius 2 is 1.07 bits per heavy atom. The Kier molecular flexibility index (Phi) is 14.6. The van der Waals surface area contributed by atoms with E-state index < -0.39 is 0 Å². The summed E-state index contributed by atoms with van der Waals surface area (Å²) >= 11 is 4.21. The van der Waals surface area contributed by atoms with Crippen LogP contribution in [0.15, 0.2) is 0 Å². The Bertz CT molecular complexity index is 94.7. The summed E-state index contributed by atoms with van der Waals surface area (Å²) in [4.78, 5) is 0. The molecular formula is C13H28OS. The molecule has 2 heteroatoms. The van der Waals surface area contributed by atoms with Crippen LogP contribution in [-0.2, 0) is 4.74 Å². The number of hydrogen-bond donors (Lipinski definition) is 1. The standard InChI is InChI=1S/C13H28OS/c1-14-12-10-8-6-4-2-3-5-7-9-11-13-15/h15H,2-13H2,1H3. The third-order valence-corrected chi connectivity index (χ3v) is 3.07. The summed E-state index contributed by atoms with van der Waals surface area (Å²) < 4.78 is 5.02. The summed E-state index contributed by atoms with van der Waals surface area (Å²) in [5.74, 6) is 1.06. The highest BCUT2D eigenvalue weighted by Crippen LogP contribution is 2.10. The predicted molar refractivity (Wildman–Crippen MR) is 71.9 cm³/mol. The number of hydrogen-bond acceptors (Lipinski definition) is 2. The summed E-state index contributed by atoms with van der Waals surface area (Å²) in [7, 11) is 1.78. The summed E-state index contributed by atoms with van der Waals surface area (Å²) in [6.45, 7) is 0.934. The lowest BCUT2D eigenvalue weighted by molar-refractivity contribution is 0.192. The molecule has 0 aromatic heterocycles. The molecule has 0 radical (unpaired) electrons. The highest BCUT2D eigenvalue weighted by molar-refractivity contribution is 7.80. The van der Waals surface area contributed by atoms with Gasteiger partial charge in [-0.3, -0.25) is 0 Å². The van der Waals surface area contributed by atoms with E-state index in [-0.39, 0.29) is 0 Å². The van der Waals surface area contributed by atoms with Crippen molar-refractivity contribution < 1.29 is 4.74 Å². The molecule has 1 nitrogen and oxygen atoms in total. The molecule has 0 fully saturated rings. The van der Waals surface area contributed by atoms with Crippen molar-refractivity contribution in [1.29, 1.82) is 0 Å². The van der Waals surface area contributed by atoms with Gasteiger partial charge in [-0.1, -0.05) is 51.4 Å². The normalized spacial score (nSPS) is 10.8. The zero-order chi connectivity index (χ0) is 11.2. The number of methoxy groups -OCH3 is 1. The molecule has 0 heterocycles. The van der Waals surface area contributed by atoms with E-state index in [1.165, 1.54) is 64.2 Å². The molecule has 0 saturated heterocycles. The first-order chi connectivity index (χ1) is 7.41. The fraction of sp³-hybridized carbons (Fsp3) is 1.00. The molecule has 0 atom stereocenters. The molecule has 92 valence electrons. The minimum atomic E-state index is 0.934. The second kappa shape index (κ2) is 14.3. The van der Waals surface area contributed by atoms with Crippen molar-refractivity contribution in [3.05, 3.63) is 0 Å². The lowest BCUT2D eigenvalue weighted by atomic mass is 10.1. The minimum Gasteiger partial charge on any atom is -0.385 e. The number of ether oxygens (including phenoxy) is 1. The van der Waals surface area contributed by atoms with Crippen molar-refractivity contribution in [2.24, 2.45) is 0 Å². The van der Waals surface area contributed by atoms with Gasteiger partial charge in [0.05, 0.1) is 0 Å². The van der Waals surface area contributed by atoms with Crippen molar-refractivity contribution in [2.45, 2.75) is 64.2 Å². The Balaban J connectivity index is 2.81. The van der Waals surface area contributed by atoms with E-state index in [1.54, 1.807) is 7.11 Å². The topological polar surface area (TPSA) is 9.23 Å². The molecule has 0 aromatic rings. The Labute approximate surface area is 101 Å². The van der Waals surface area contributed by atoms with E-state index in [2.05, 4.69) is 12.6 Å². The van der Waals surface area contributed by atoms with Crippen LogP contribution in [-0.4, -0.2) is 19.5 Å². The molecule has 0 rings (SSSR count). The van der Waals surface area contributed by atoms with Gasteiger partial charge < -0.3 is 4.74 Å². The first-order valence-corrected chi connectivity index (χ1v) is 7.15. The van der Waals surface area contributed by atoms with Crippen LogP contribution >= 0.6 is 12.6 Å². The summed E-state index contributed by atoms with van der Waals surface area (Å²) in [6.07, 6.45) is 13.7. The molecule has 0 saturated carbocycles. The van der Waals surface area contributed by atoms with Gasteiger partial charge in [0.2, 0.25) is 0 Å². The summed E-state index contributed by atoms with van der Waals surface area (Å²) in [5.41, 5.74) is 0. The maximum absolute atomic E-state index is 5.02. The number of rotatable bonds is 12. The van der Waals surface area contributed by atoms with Gasteiger partial charge in [-0.25, -0.2) is 0 Å². The first-order valence-electron chi connectivity index (χ1n) is 6.51. The van der Waals surface area contributed by atoms with Gasteiger partial charge in [-0.2, -0.15) is 12.6 Å². The average molecular weight is 232 g/mol. The fourth-order valence-electron chi connectivity index (χ4n) is 1.77. The van der Waals surface area contributed by atoms with Crippen molar-refractivity contribution in [3.63, 3.8) is 0 Å². The molecule has 0 aliphatic rings. The van der Waals surface area contributed by atoms with Crippen molar-refractivity contribution in [3.8, 4) is 0 Å². The van der Waals surface area contributed by atoms with Gasteiger partial charge in [-0.05, 0) is 18.6 Å². The van der Waals surface area contributed by atoms with E-state index in [1.807, 2.05) is 0 Å². The van der Waals surface area contributed by atoms with Crippen molar-refractivity contribution in [2.75, 3.05) is 19.5 Å². The largest absolute Gasteiger partial charge is 0.385 e. The Morgan fingerprint density at radius 3 is 1.47 bits per heavy atom. The quantitative estimate of drug-likeness (QED) is 0.386. The van der Waals surface area contributed by atoms with E-state index in [9.17, 15) is 0 Å². The maximum Gasteiger partial charge on any atom is 0.0462 e. The van der Waals surface area contributed by atoms with E-state index in [0.717, 1.165) is 12.4 Å². The highest BCUT2D eigenvalue weighted by atomic mass is 32.1. The molecule has 0 N–H and O–H groups in total. The van der Waals surface area contributed by atoms with Gasteiger partial charge in [-0.15, -0.1) is 0 Å². The molecule has 15 heavy (non-hydrogen) atoms. The van der Waals surface area contributed by atoms with Crippen LogP contribution in [0.3, 0.4) is 0 Å². The monoisotopic (exact) mass is 232 g/mol. The lowest BCUT2D eigenvalue weighted by Gasteiger charge is -2.02. The van der Waals surface area contributed by atoms with Gasteiger partial charge in [0, 0.05) is 13.7 Å². The maximum atomic E-state index is 5.02. The first kappa shape index (κ1) is 15.3. The van der Waals surface area contributed by atoms with Crippen LogP contribution in [0.5, 0.6) is 0 Å². The van der Waals surface area contributed by atoms with Gasteiger partial charge in [0.1, 0.15) is 0 Å². The second-order valence-electron chi connectivity index (χ2n) is 4.25. The lowest BCUT2D eigenvalue weighted by Crippen LogP contribution is -1.88. The van der Waals surface area contributed by atoms with Crippen LogP contribution in [0, 0.1) is 0 Å². The number of unbranched alkanes of at least 4 members (excludes halogenated alkanes) is 9. The molecule has 0 spiro atoms. The fourth-order valence-corrected chi connectivity index (χ4v) is 2.00. The van der Waals surface area contributed by atoms with Gasteiger partial charge in [0.15, 0.2) is 0 Å². The van der Waals surface area contributed by atoms with Crippen LogP contribution in [0.2, 0.25) is 0 Å². The van der Waals surface area contributed by atoms with Gasteiger partial charge >= 0.3 is 0 Å². The van der Waals surface area contributed by atoms with Gasteiger partial charge in [0.25, 0.3) is 0 Å². The Hall–Kier alpha value is 0.310.